The number of hydrogen-bond donors (Lipinski definition) is 0. The molecule has 76 heavy (non-hydrogen) atoms. The Balaban J connectivity index is 1.09. The van der Waals surface area contributed by atoms with Crippen molar-refractivity contribution in [1.82, 2.24) is 4.57 Å². The molecular weight excluding hydrogens is 918 g/mol. The van der Waals surface area contributed by atoms with Crippen LogP contribution in [0.4, 0.5) is 34.1 Å². The van der Waals surface area contributed by atoms with E-state index >= 15 is 0 Å². The molecular formula is C72H56BN3. The molecule has 3 heterocycles. The van der Waals surface area contributed by atoms with Gasteiger partial charge in [-0.2, -0.15) is 0 Å². The van der Waals surface area contributed by atoms with Crippen molar-refractivity contribution < 1.29 is 0 Å². The van der Waals surface area contributed by atoms with Crippen LogP contribution in [0.15, 0.2) is 231 Å². The number of fused-ring (bicyclic) bond motifs is 8. The normalized spacial score (nSPS) is 13.1. The van der Waals surface area contributed by atoms with E-state index in [0.29, 0.717) is 0 Å². The van der Waals surface area contributed by atoms with E-state index in [1.165, 1.54) is 122 Å². The van der Waals surface area contributed by atoms with E-state index in [2.05, 4.69) is 286 Å². The molecule has 0 spiro atoms. The van der Waals surface area contributed by atoms with Gasteiger partial charge >= 0.3 is 0 Å². The van der Waals surface area contributed by atoms with Gasteiger partial charge in [0.15, 0.2) is 0 Å². The predicted octanol–water partition coefficient (Wildman–Crippen LogP) is 17.6. The zero-order valence-electron chi connectivity index (χ0n) is 43.9. The van der Waals surface area contributed by atoms with Crippen molar-refractivity contribution in [1.29, 1.82) is 0 Å². The molecule has 0 saturated heterocycles. The van der Waals surface area contributed by atoms with Gasteiger partial charge in [0, 0.05) is 44.9 Å². The monoisotopic (exact) mass is 973 g/mol. The summed E-state index contributed by atoms with van der Waals surface area (Å²) in [7, 11) is 0. The molecule has 1 aromatic heterocycles. The zero-order chi connectivity index (χ0) is 51.2. The molecule has 4 heteroatoms. The molecule has 0 amide bonds. The van der Waals surface area contributed by atoms with Crippen LogP contribution in [-0.4, -0.2) is 11.3 Å². The summed E-state index contributed by atoms with van der Waals surface area (Å²) in [4.78, 5) is 5.07. The molecule has 0 bridgehead atoms. The summed E-state index contributed by atoms with van der Waals surface area (Å²) >= 11 is 0. The molecule has 11 aromatic carbocycles. The van der Waals surface area contributed by atoms with Gasteiger partial charge in [0.2, 0.25) is 0 Å². The summed E-state index contributed by atoms with van der Waals surface area (Å²) in [5, 5.41) is 5.26. The summed E-state index contributed by atoms with van der Waals surface area (Å²) in [6.45, 7) is 13.7. The molecule has 3 nitrogen and oxygen atoms in total. The topological polar surface area (TPSA) is 11.4 Å². The molecule has 0 radical (unpaired) electrons. The van der Waals surface area contributed by atoms with E-state index in [9.17, 15) is 0 Å². The van der Waals surface area contributed by atoms with Gasteiger partial charge in [-0.15, -0.1) is 0 Å². The summed E-state index contributed by atoms with van der Waals surface area (Å²) in [5.74, 6) is 0. The third kappa shape index (κ3) is 6.63. The minimum absolute atomic E-state index is 0.00722. The lowest BCUT2D eigenvalue weighted by Gasteiger charge is -2.42. The Morgan fingerprint density at radius 2 is 0.895 bits per heavy atom. The van der Waals surface area contributed by atoms with E-state index in [1.54, 1.807) is 0 Å². The van der Waals surface area contributed by atoms with E-state index < -0.39 is 0 Å². The van der Waals surface area contributed by atoms with Gasteiger partial charge in [-0.3, -0.25) is 0 Å². The fourth-order valence-electron chi connectivity index (χ4n) is 13.1. The average Bonchev–Trinajstić information content (AvgIpc) is 3.86. The van der Waals surface area contributed by atoms with Crippen LogP contribution in [0.1, 0.15) is 52.7 Å². The summed E-state index contributed by atoms with van der Waals surface area (Å²) in [5.41, 5.74) is 27.1. The number of rotatable bonds is 6. The first-order valence-corrected chi connectivity index (χ1v) is 26.9. The summed E-state index contributed by atoms with van der Waals surface area (Å²) < 4.78 is 2.67. The first kappa shape index (κ1) is 44.6. The maximum absolute atomic E-state index is 2.67. The van der Waals surface area contributed by atoms with Crippen molar-refractivity contribution in [2.75, 3.05) is 9.80 Å². The third-order valence-corrected chi connectivity index (χ3v) is 16.8. The largest absolute Gasteiger partial charge is 0.311 e. The van der Waals surface area contributed by atoms with Crippen LogP contribution in [0.3, 0.4) is 0 Å². The van der Waals surface area contributed by atoms with E-state index in [1.807, 2.05) is 0 Å². The van der Waals surface area contributed by atoms with Crippen molar-refractivity contribution in [3.05, 3.63) is 242 Å². The quantitative estimate of drug-likeness (QED) is 0.154. The molecule has 12 aromatic rings. The number of aromatic nitrogens is 1. The van der Waals surface area contributed by atoms with Crippen molar-refractivity contribution in [3.63, 3.8) is 0 Å². The SMILES string of the molecule is CC(C)(C)c1ccc(N(c2ccc(C(C)(C)C)cc2)c2cc3c4c(c2)-n2c5cccc6c5c5c7c(cccc7cc(c52)B4c2cc(-c4ccccc4)ccc2N3c2ccc(-c3ccccc3)cc2)-c2ccccc2-6)cc1. The van der Waals surface area contributed by atoms with Crippen LogP contribution in [0.25, 0.3) is 82.8 Å². The van der Waals surface area contributed by atoms with Crippen molar-refractivity contribution >= 4 is 89.8 Å². The molecule has 1 aliphatic carbocycles. The lowest BCUT2D eigenvalue weighted by Crippen LogP contribution is -2.60. The summed E-state index contributed by atoms with van der Waals surface area (Å²) in [6, 6.07) is 87.4. The Kier molecular flexibility index (Phi) is 9.58. The summed E-state index contributed by atoms with van der Waals surface area (Å²) in [6.07, 6.45) is 0. The number of anilines is 6. The molecule has 0 fully saturated rings. The second kappa shape index (κ2) is 16.3. The molecule has 2 aliphatic heterocycles. The maximum Gasteiger partial charge on any atom is 0.252 e. The number of nitrogens with zero attached hydrogens (tertiary/aromatic N) is 3. The Morgan fingerprint density at radius 1 is 0.368 bits per heavy atom. The van der Waals surface area contributed by atoms with Gasteiger partial charge < -0.3 is 14.4 Å². The van der Waals surface area contributed by atoms with Gasteiger partial charge in [0.1, 0.15) is 0 Å². The minimum Gasteiger partial charge on any atom is -0.311 e. The van der Waals surface area contributed by atoms with Gasteiger partial charge in [0.05, 0.1) is 16.7 Å². The van der Waals surface area contributed by atoms with Crippen molar-refractivity contribution in [2.24, 2.45) is 0 Å². The first-order valence-electron chi connectivity index (χ1n) is 26.9. The highest BCUT2D eigenvalue weighted by molar-refractivity contribution is 7.00. The van der Waals surface area contributed by atoms with Crippen molar-refractivity contribution in [2.45, 2.75) is 52.4 Å². The maximum atomic E-state index is 2.67. The molecule has 0 unspecified atom stereocenters. The molecule has 362 valence electrons. The number of benzene rings is 11. The van der Waals surface area contributed by atoms with E-state index in [0.717, 1.165) is 22.7 Å². The van der Waals surface area contributed by atoms with Crippen LogP contribution in [0, 0.1) is 0 Å². The lowest BCUT2D eigenvalue weighted by molar-refractivity contribution is 0.590. The highest BCUT2D eigenvalue weighted by Gasteiger charge is 2.44. The van der Waals surface area contributed by atoms with E-state index in [-0.39, 0.29) is 17.5 Å². The minimum atomic E-state index is -0.0814. The predicted molar refractivity (Wildman–Crippen MR) is 325 cm³/mol. The van der Waals surface area contributed by atoms with Crippen LogP contribution in [-0.2, 0) is 10.8 Å². The smallest absolute Gasteiger partial charge is 0.252 e. The van der Waals surface area contributed by atoms with Gasteiger partial charge in [-0.1, -0.05) is 211 Å². The van der Waals surface area contributed by atoms with Crippen LogP contribution < -0.4 is 26.2 Å². The van der Waals surface area contributed by atoms with Crippen LogP contribution >= 0.6 is 0 Å². The average molecular weight is 974 g/mol. The molecule has 15 rings (SSSR count). The van der Waals surface area contributed by atoms with Crippen molar-refractivity contribution in [3.8, 4) is 50.2 Å². The van der Waals surface area contributed by atoms with Gasteiger partial charge in [-0.05, 0) is 154 Å². The highest BCUT2D eigenvalue weighted by atomic mass is 15.2. The second-order valence-electron chi connectivity index (χ2n) is 23.3. The Labute approximate surface area is 446 Å². The standard InChI is InChI=1S/C72H56BN3/c1-71(2,3)50-30-36-52(37-31-50)74(53-38-32-51(33-39-53)72(4,5)6)55-43-64-69-65(44-55)76-63-26-16-25-59-57-23-14-13-22-56(57)58-24-15-21-49-42-61(70(76)68(66(49)58)67(59)63)73(69)60-41-48(46-19-11-8-12-20-46)29-40-62(60)75(64)54-34-27-47(28-35-54)45-17-9-7-10-18-45/h7-44H,1-6H3. The Hall–Kier alpha value is -8.86. The van der Waals surface area contributed by atoms with E-state index in [4.69, 9.17) is 0 Å². The number of hydrogen-bond acceptors (Lipinski definition) is 2. The van der Waals surface area contributed by atoms with Crippen LogP contribution in [0.5, 0.6) is 0 Å². The van der Waals surface area contributed by atoms with Crippen LogP contribution in [0.2, 0.25) is 0 Å². The molecule has 0 N–H and O–H groups in total. The first-order chi connectivity index (χ1) is 37.0. The molecule has 0 atom stereocenters. The lowest BCUT2D eigenvalue weighted by atomic mass is 9.33. The fourth-order valence-corrected chi connectivity index (χ4v) is 13.1. The Bertz CT molecular complexity index is 4270. The highest BCUT2D eigenvalue weighted by Crippen LogP contribution is 2.52. The van der Waals surface area contributed by atoms with Gasteiger partial charge in [-0.25, -0.2) is 0 Å². The second-order valence-corrected chi connectivity index (χ2v) is 23.3. The molecule has 0 saturated carbocycles. The van der Waals surface area contributed by atoms with Gasteiger partial charge in [0.25, 0.3) is 6.71 Å². The zero-order valence-corrected chi connectivity index (χ0v) is 43.9. The molecule has 3 aliphatic rings. The third-order valence-electron chi connectivity index (χ3n) is 16.8. The fraction of sp³-hybridized carbons (Fsp3) is 0.111. The Morgan fingerprint density at radius 3 is 1.51 bits per heavy atom.